The zero-order valence-corrected chi connectivity index (χ0v) is 23.2. The van der Waals surface area contributed by atoms with Gasteiger partial charge in [0.05, 0.1) is 10.6 Å². The van der Waals surface area contributed by atoms with Crippen molar-refractivity contribution in [2.45, 2.75) is 38.4 Å². The van der Waals surface area contributed by atoms with Crippen molar-refractivity contribution in [2.75, 3.05) is 42.9 Å². The highest BCUT2D eigenvalue weighted by Crippen LogP contribution is 2.29. The van der Waals surface area contributed by atoms with Gasteiger partial charge in [0.1, 0.15) is 5.82 Å². The summed E-state index contributed by atoms with van der Waals surface area (Å²) in [6.07, 6.45) is 3.74. The first kappa shape index (κ1) is 27.8. The van der Waals surface area contributed by atoms with Crippen molar-refractivity contribution in [3.8, 4) is 0 Å². The molecule has 5 rings (SSSR count). The third-order valence-corrected chi connectivity index (χ3v) is 8.12. The van der Waals surface area contributed by atoms with Crippen LogP contribution in [-0.2, 0) is 6.54 Å². The highest BCUT2D eigenvalue weighted by Gasteiger charge is 2.32. The molecule has 1 atom stereocenters. The lowest BCUT2D eigenvalue weighted by Crippen LogP contribution is -2.57. The van der Waals surface area contributed by atoms with E-state index in [2.05, 4.69) is 44.1 Å². The van der Waals surface area contributed by atoms with Gasteiger partial charge < -0.3 is 10.2 Å². The van der Waals surface area contributed by atoms with E-state index in [9.17, 15) is 13.6 Å². The molecule has 1 aromatic heterocycles. The van der Waals surface area contributed by atoms with E-state index >= 15 is 0 Å². The number of halogens is 4. The average Bonchev–Trinajstić information content (AvgIpc) is 2.92. The predicted octanol–water partition coefficient (Wildman–Crippen LogP) is 6.09. The fourth-order valence-corrected chi connectivity index (χ4v) is 5.94. The molecule has 0 aliphatic carbocycles. The molecule has 206 valence electrons. The Morgan fingerprint density at radius 3 is 2.41 bits per heavy atom. The molecule has 10 heteroatoms. The van der Waals surface area contributed by atoms with E-state index in [4.69, 9.17) is 23.2 Å². The number of nitrogens with zero attached hydrogens (tertiary/aromatic N) is 4. The van der Waals surface area contributed by atoms with Gasteiger partial charge in [0.2, 0.25) is 0 Å². The van der Waals surface area contributed by atoms with Crippen LogP contribution >= 0.6 is 23.2 Å². The fraction of sp³-hybridized carbons (Fsp3) is 0.379. The van der Waals surface area contributed by atoms with E-state index in [-0.39, 0.29) is 11.3 Å². The van der Waals surface area contributed by atoms with Gasteiger partial charge in [-0.3, -0.25) is 14.6 Å². The summed E-state index contributed by atoms with van der Waals surface area (Å²) in [6.45, 7) is 7.83. The van der Waals surface area contributed by atoms with Crippen LogP contribution in [0.1, 0.15) is 35.7 Å². The summed E-state index contributed by atoms with van der Waals surface area (Å²) in [5.74, 6) is -1.86. The van der Waals surface area contributed by atoms with Gasteiger partial charge in [0.25, 0.3) is 5.91 Å². The number of pyridine rings is 1. The number of hydrogen-bond donors (Lipinski definition) is 1. The van der Waals surface area contributed by atoms with Crippen molar-refractivity contribution in [1.29, 1.82) is 0 Å². The Morgan fingerprint density at radius 2 is 1.74 bits per heavy atom. The number of piperidine rings is 1. The quantitative estimate of drug-likeness (QED) is 0.386. The van der Waals surface area contributed by atoms with Crippen LogP contribution in [0.5, 0.6) is 0 Å². The maximum atomic E-state index is 13.5. The number of aromatic nitrogens is 1. The minimum Gasteiger partial charge on any atom is -0.353 e. The highest BCUT2D eigenvalue weighted by molar-refractivity contribution is 6.33. The number of nitrogens with one attached hydrogen (secondary N) is 1. The molecule has 2 saturated heterocycles. The summed E-state index contributed by atoms with van der Waals surface area (Å²) in [5, 5.41) is 3.69. The van der Waals surface area contributed by atoms with E-state index in [0.29, 0.717) is 22.9 Å². The Morgan fingerprint density at radius 1 is 1.00 bits per heavy atom. The molecular weight excluding hydrogens is 543 g/mol. The van der Waals surface area contributed by atoms with Crippen LogP contribution in [0.4, 0.5) is 20.3 Å². The maximum Gasteiger partial charge on any atom is 0.257 e. The third-order valence-electron chi connectivity index (χ3n) is 7.59. The third kappa shape index (κ3) is 6.69. The monoisotopic (exact) mass is 573 g/mol. The molecule has 1 N–H and O–H groups in total. The van der Waals surface area contributed by atoms with Crippen LogP contribution in [-0.4, -0.2) is 65.5 Å². The van der Waals surface area contributed by atoms with Gasteiger partial charge >= 0.3 is 0 Å². The summed E-state index contributed by atoms with van der Waals surface area (Å²) in [6, 6.07) is 13.7. The number of rotatable bonds is 6. The SMILES string of the molecule is C[C@H]1CN(c2ncc(C(=O)Nc3ccc(F)c(F)c3)cc2Cl)CCN1C1CCN(Cc2ccc(Cl)cc2)CC1. The lowest BCUT2D eigenvalue weighted by Gasteiger charge is -2.47. The molecule has 2 fully saturated rings. The molecule has 0 bridgehead atoms. The summed E-state index contributed by atoms with van der Waals surface area (Å²) in [7, 11) is 0. The molecule has 3 aromatic rings. The van der Waals surface area contributed by atoms with Gasteiger partial charge in [-0.15, -0.1) is 0 Å². The topological polar surface area (TPSA) is 51.7 Å². The minimum atomic E-state index is -1.03. The summed E-state index contributed by atoms with van der Waals surface area (Å²) >= 11 is 12.6. The van der Waals surface area contributed by atoms with E-state index in [1.165, 1.54) is 17.8 Å². The first-order chi connectivity index (χ1) is 18.8. The van der Waals surface area contributed by atoms with Crippen molar-refractivity contribution in [3.63, 3.8) is 0 Å². The number of hydrogen-bond acceptors (Lipinski definition) is 5. The van der Waals surface area contributed by atoms with Gasteiger partial charge in [-0.1, -0.05) is 35.3 Å². The second-order valence-corrected chi connectivity index (χ2v) is 11.1. The first-order valence-electron chi connectivity index (χ1n) is 13.2. The van der Waals surface area contributed by atoms with Gasteiger partial charge in [-0.25, -0.2) is 13.8 Å². The summed E-state index contributed by atoms with van der Waals surface area (Å²) < 4.78 is 26.6. The van der Waals surface area contributed by atoms with Crippen molar-refractivity contribution >= 4 is 40.6 Å². The molecular formula is C29H31Cl2F2N5O. The first-order valence-corrected chi connectivity index (χ1v) is 13.9. The molecule has 6 nitrogen and oxygen atoms in total. The average molecular weight is 575 g/mol. The van der Waals surface area contributed by atoms with E-state index < -0.39 is 17.5 Å². The molecule has 0 spiro atoms. The van der Waals surface area contributed by atoms with Crippen molar-refractivity contribution in [1.82, 2.24) is 14.8 Å². The van der Waals surface area contributed by atoms with Crippen LogP contribution in [0.2, 0.25) is 10.0 Å². The molecule has 2 aliphatic rings. The second-order valence-electron chi connectivity index (χ2n) is 10.3. The number of likely N-dealkylation sites (tertiary alicyclic amines) is 1. The second kappa shape index (κ2) is 12.2. The Kier molecular flexibility index (Phi) is 8.67. The zero-order valence-electron chi connectivity index (χ0n) is 21.7. The van der Waals surface area contributed by atoms with Gasteiger partial charge in [0.15, 0.2) is 11.6 Å². The molecule has 2 aliphatic heterocycles. The number of benzene rings is 2. The Balaban J connectivity index is 1.14. The molecule has 1 amide bonds. The molecule has 2 aromatic carbocycles. The van der Waals surface area contributed by atoms with Crippen molar-refractivity contribution < 1.29 is 13.6 Å². The summed E-state index contributed by atoms with van der Waals surface area (Å²) in [5.41, 5.74) is 1.68. The lowest BCUT2D eigenvalue weighted by molar-refractivity contribution is 0.0690. The largest absolute Gasteiger partial charge is 0.353 e. The Bertz CT molecular complexity index is 1320. The van der Waals surface area contributed by atoms with Crippen LogP contribution in [0.15, 0.2) is 54.7 Å². The van der Waals surface area contributed by atoms with E-state index in [0.717, 1.165) is 69.3 Å². The number of amides is 1. The highest BCUT2D eigenvalue weighted by atomic mass is 35.5. The molecule has 0 radical (unpaired) electrons. The van der Waals surface area contributed by atoms with E-state index in [1.807, 2.05) is 12.1 Å². The van der Waals surface area contributed by atoms with Crippen molar-refractivity contribution in [2.24, 2.45) is 0 Å². The molecule has 0 unspecified atom stereocenters. The van der Waals surface area contributed by atoms with Gasteiger partial charge in [0, 0.05) is 61.2 Å². The minimum absolute atomic E-state index is 0.153. The normalized spacial score (nSPS) is 19.3. The van der Waals surface area contributed by atoms with E-state index in [1.54, 1.807) is 6.07 Å². The zero-order chi connectivity index (χ0) is 27.5. The standard InChI is InChI=1S/C29H31Cl2F2N5O/c1-19-17-37(12-13-38(19)24-8-10-36(11-9-24)18-20-2-4-22(30)5-3-20)28-25(31)14-21(16-34-28)29(39)35-23-6-7-26(32)27(33)15-23/h2-7,14-16,19,24H,8-13,17-18H2,1H3,(H,35,39)/t19-/m0/s1. The van der Waals surface area contributed by atoms with Crippen molar-refractivity contribution in [3.05, 3.63) is 87.5 Å². The van der Waals surface area contributed by atoms with Crippen LogP contribution in [0.3, 0.4) is 0 Å². The lowest BCUT2D eigenvalue weighted by atomic mass is 9.99. The predicted molar refractivity (Wildman–Crippen MR) is 152 cm³/mol. The maximum absolute atomic E-state index is 13.5. The number of piperazine rings is 1. The summed E-state index contributed by atoms with van der Waals surface area (Å²) in [4.78, 5) is 24.4. The van der Waals surface area contributed by atoms with Gasteiger partial charge in [-0.2, -0.15) is 0 Å². The molecule has 0 saturated carbocycles. The Hall–Kier alpha value is -2.78. The van der Waals surface area contributed by atoms with Crippen LogP contribution in [0.25, 0.3) is 0 Å². The molecule has 3 heterocycles. The van der Waals surface area contributed by atoms with Crippen LogP contribution in [0, 0.1) is 11.6 Å². The van der Waals surface area contributed by atoms with Gasteiger partial charge in [-0.05, 0) is 68.8 Å². The smallest absolute Gasteiger partial charge is 0.257 e. The fourth-order valence-electron chi connectivity index (χ4n) is 5.53. The Labute approximate surface area is 237 Å². The van der Waals surface area contributed by atoms with Crippen LogP contribution < -0.4 is 10.2 Å². The number of carbonyl (C=O) groups is 1. The number of carbonyl (C=O) groups excluding carboxylic acids is 1. The number of anilines is 2. The molecule has 39 heavy (non-hydrogen) atoms.